The summed E-state index contributed by atoms with van der Waals surface area (Å²) in [6.45, 7) is 4.89. The monoisotopic (exact) mass is 498 g/mol. The van der Waals surface area contributed by atoms with Gasteiger partial charge in [0, 0.05) is 11.6 Å². The molecule has 0 heterocycles. The fraction of sp³-hybridized carbons (Fsp3) is 0.300. The smallest absolute Gasteiger partial charge is 0.271 e. The zero-order valence-electron chi connectivity index (χ0n) is 16.2. The van der Waals surface area contributed by atoms with E-state index >= 15 is 0 Å². The van der Waals surface area contributed by atoms with Crippen LogP contribution in [-0.4, -0.2) is 39.6 Å². The highest BCUT2D eigenvalue weighted by molar-refractivity contribution is 14.1. The number of hydrogen-bond acceptors (Lipinski definition) is 6. The van der Waals surface area contributed by atoms with Crippen LogP contribution < -0.4 is 24.4 Å². The zero-order chi connectivity index (χ0) is 20.5. The van der Waals surface area contributed by atoms with Crippen LogP contribution in [0.3, 0.4) is 0 Å². The number of benzene rings is 2. The number of amides is 1. The van der Waals surface area contributed by atoms with Crippen LogP contribution in [0.1, 0.15) is 29.8 Å². The van der Waals surface area contributed by atoms with Crippen LogP contribution in [0.5, 0.6) is 23.0 Å². The summed E-state index contributed by atoms with van der Waals surface area (Å²) >= 11 is 2.18. The first-order valence-corrected chi connectivity index (χ1v) is 9.75. The lowest BCUT2D eigenvalue weighted by molar-refractivity contribution is 0.0954. The average molecular weight is 498 g/mol. The molecule has 0 aliphatic heterocycles. The standard InChI is InChI=1S/C20H23IN2O5/c1-5-27-18-8-13(7-17(21)19(18)28-6-2)12-22-23-20(24)14-9-15(25-3)11-16(10-14)26-4/h7-12H,5-6H2,1-4H3,(H,23,24)/b22-12-. The third-order valence-electron chi connectivity index (χ3n) is 3.61. The Morgan fingerprint density at radius 2 is 1.68 bits per heavy atom. The van der Waals surface area contributed by atoms with Gasteiger partial charge in [0.2, 0.25) is 0 Å². The predicted octanol–water partition coefficient (Wildman–Crippen LogP) is 3.87. The molecule has 1 amide bonds. The van der Waals surface area contributed by atoms with Crippen molar-refractivity contribution in [1.29, 1.82) is 0 Å². The fourth-order valence-corrected chi connectivity index (χ4v) is 3.16. The van der Waals surface area contributed by atoms with Gasteiger partial charge < -0.3 is 18.9 Å². The molecule has 2 rings (SSSR count). The Hall–Kier alpha value is -2.49. The van der Waals surface area contributed by atoms with Crippen LogP contribution in [0.15, 0.2) is 35.4 Å². The van der Waals surface area contributed by atoms with Crippen molar-refractivity contribution in [3.8, 4) is 23.0 Å². The molecular formula is C20H23IN2O5. The second kappa shape index (κ2) is 10.7. The van der Waals surface area contributed by atoms with E-state index in [1.807, 2.05) is 26.0 Å². The van der Waals surface area contributed by atoms with Crippen LogP contribution >= 0.6 is 22.6 Å². The minimum Gasteiger partial charge on any atom is -0.497 e. The number of nitrogens with zero attached hydrogens (tertiary/aromatic N) is 1. The Labute approximate surface area is 178 Å². The number of nitrogens with one attached hydrogen (secondary N) is 1. The van der Waals surface area contributed by atoms with Gasteiger partial charge >= 0.3 is 0 Å². The van der Waals surface area contributed by atoms with Crippen LogP contribution in [0.2, 0.25) is 0 Å². The van der Waals surface area contributed by atoms with Crippen LogP contribution in [-0.2, 0) is 0 Å². The van der Waals surface area contributed by atoms with Crippen molar-refractivity contribution >= 4 is 34.7 Å². The molecule has 0 aromatic heterocycles. The SMILES string of the molecule is CCOc1cc(/C=N\NC(=O)c2cc(OC)cc(OC)c2)cc(I)c1OCC. The lowest BCUT2D eigenvalue weighted by Gasteiger charge is -2.13. The first kappa shape index (κ1) is 21.8. The van der Waals surface area contributed by atoms with Crippen LogP contribution in [0.25, 0.3) is 0 Å². The molecule has 0 aliphatic carbocycles. The fourth-order valence-electron chi connectivity index (χ4n) is 2.38. The lowest BCUT2D eigenvalue weighted by atomic mass is 10.2. The molecule has 28 heavy (non-hydrogen) atoms. The van der Waals surface area contributed by atoms with E-state index in [1.165, 1.54) is 14.2 Å². The summed E-state index contributed by atoms with van der Waals surface area (Å²) in [7, 11) is 3.05. The minimum atomic E-state index is -0.376. The van der Waals surface area contributed by atoms with Crippen molar-refractivity contribution in [2.75, 3.05) is 27.4 Å². The van der Waals surface area contributed by atoms with Crippen molar-refractivity contribution in [3.05, 3.63) is 45.0 Å². The predicted molar refractivity (Wildman–Crippen MR) is 116 cm³/mol. The molecule has 0 atom stereocenters. The number of halogens is 1. The minimum absolute atomic E-state index is 0.376. The highest BCUT2D eigenvalue weighted by Crippen LogP contribution is 2.33. The molecule has 0 saturated heterocycles. The Bertz CT molecular complexity index is 832. The summed E-state index contributed by atoms with van der Waals surface area (Å²) in [6, 6.07) is 8.64. The molecule has 150 valence electrons. The summed E-state index contributed by atoms with van der Waals surface area (Å²) in [5.74, 6) is 2.02. The highest BCUT2D eigenvalue weighted by atomic mass is 127. The van der Waals surface area contributed by atoms with Crippen molar-refractivity contribution in [2.24, 2.45) is 5.10 Å². The molecule has 0 fully saturated rings. The quantitative estimate of drug-likeness (QED) is 0.323. The van der Waals surface area contributed by atoms with Gasteiger partial charge in [0.05, 0.1) is 37.2 Å². The number of carbonyl (C=O) groups is 1. The largest absolute Gasteiger partial charge is 0.497 e. The van der Waals surface area contributed by atoms with Gasteiger partial charge in [-0.25, -0.2) is 5.43 Å². The second-order valence-electron chi connectivity index (χ2n) is 5.50. The first-order chi connectivity index (χ1) is 13.5. The number of hydrazone groups is 1. The van der Waals surface area contributed by atoms with E-state index in [0.29, 0.717) is 41.8 Å². The normalized spacial score (nSPS) is 10.6. The Morgan fingerprint density at radius 3 is 2.25 bits per heavy atom. The van der Waals surface area contributed by atoms with Gasteiger partial charge in [-0.15, -0.1) is 0 Å². The second-order valence-corrected chi connectivity index (χ2v) is 6.66. The lowest BCUT2D eigenvalue weighted by Crippen LogP contribution is -2.17. The van der Waals surface area contributed by atoms with E-state index in [0.717, 1.165) is 9.13 Å². The number of carbonyl (C=O) groups excluding carboxylic acids is 1. The third-order valence-corrected chi connectivity index (χ3v) is 4.42. The van der Waals surface area contributed by atoms with Gasteiger partial charge in [0.25, 0.3) is 5.91 Å². The number of hydrogen-bond donors (Lipinski definition) is 1. The maximum absolute atomic E-state index is 12.4. The first-order valence-electron chi connectivity index (χ1n) is 8.67. The molecule has 0 unspecified atom stereocenters. The van der Waals surface area contributed by atoms with Gasteiger partial charge in [-0.1, -0.05) is 0 Å². The average Bonchev–Trinajstić information content (AvgIpc) is 2.70. The van der Waals surface area contributed by atoms with E-state index in [1.54, 1.807) is 24.4 Å². The van der Waals surface area contributed by atoms with Gasteiger partial charge in [-0.3, -0.25) is 4.79 Å². The van der Waals surface area contributed by atoms with Crippen LogP contribution in [0, 0.1) is 3.57 Å². The maximum Gasteiger partial charge on any atom is 0.271 e. The number of rotatable bonds is 9. The highest BCUT2D eigenvalue weighted by Gasteiger charge is 2.12. The van der Waals surface area contributed by atoms with E-state index in [4.69, 9.17) is 18.9 Å². The summed E-state index contributed by atoms with van der Waals surface area (Å²) in [4.78, 5) is 12.4. The molecule has 0 saturated carbocycles. The topological polar surface area (TPSA) is 78.4 Å². The van der Waals surface area contributed by atoms with Gasteiger partial charge in [0.1, 0.15) is 11.5 Å². The molecule has 0 bridgehead atoms. The molecule has 1 N–H and O–H groups in total. The molecule has 7 nitrogen and oxygen atoms in total. The van der Waals surface area contributed by atoms with E-state index in [2.05, 4.69) is 33.1 Å². The van der Waals surface area contributed by atoms with Gasteiger partial charge in [0.15, 0.2) is 11.5 Å². The number of ether oxygens (including phenoxy) is 4. The molecule has 0 aliphatic rings. The summed E-state index contributed by atoms with van der Waals surface area (Å²) in [5, 5.41) is 4.04. The Morgan fingerprint density at radius 1 is 1.04 bits per heavy atom. The zero-order valence-corrected chi connectivity index (χ0v) is 18.4. The van der Waals surface area contributed by atoms with Gasteiger partial charge in [-0.2, -0.15) is 5.10 Å². The van der Waals surface area contributed by atoms with E-state index in [9.17, 15) is 4.79 Å². The van der Waals surface area contributed by atoms with Crippen molar-refractivity contribution in [3.63, 3.8) is 0 Å². The molecule has 2 aromatic carbocycles. The maximum atomic E-state index is 12.4. The molecule has 2 aromatic rings. The summed E-state index contributed by atoms with van der Waals surface area (Å²) < 4.78 is 22.6. The molecule has 8 heteroatoms. The van der Waals surface area contributed by atoms with E-state index in [-0.39, 0.29) is 5.91 Å². The number of methoxy groups -OCH3 is 2. The molecular weight excluding hydrogens is 475 g/mol. The van der Waals surface area contributed by atoms with Crippen molar-refractivity contribution < 1.29 is 23.7 Å². The van der Waals surface area contributed by atoms with Crippen LogP contribution in [0.4, 0.5) is 0 Å². The molecule has 0 spiro atoms. The summed E-state index contributed by atoms with van der Waals surface area (Å²) in [6.07, 6.45) is 1.55. The Kier molecular flexibility index (Phi) is 8.37. The van der Waals surface area contributed by atoms with Crippen molar-refractivity contribution in [1.82, 2.24) is 5.43 Å². The third kappa shape index (κ3) is 5.75. The molecule has 0 radical (unpaired) electrons. The summed E-state index contributed by atoms with van der Waals surface area (Å²) in [5.41, 5.74) is 3.66. The Balaban J connectivity index is 2.17. The van der Waals surface area contributed by atoms with Gasteiger partial charge in [-0.05, 0) is 66.3 Å². The van der Waals surface area contributed by atoms with Crippen molar-refractivity contribution in [2.45, 2.75) is 13.8 Å². The van der Waals surface area contributed by atoms with E-state index < -0.39 is 0 Å².